The minimum atomic E-state index is -1.03. The van der Waals surface area contributed by atoms with Crippen LogP contribution in [0.25, 0.3) is 5.57 Å². The van der Waals surface area contributed by atoms with E-state index in [9.17, 15) is 13.6 Å². The van der Waals surface area contributed by atoms with Crippen molar-refractivity contribution in [3.05, 3.63) is 69.8 Å². The summed E-state index contributed by atoms with van der Waals surface area (Å²) in [5.74, 6) is -3.18. The van der Waals surface area contributed by atoms with E-state index in [1.165, 1.54) is 0 Å². The van der Waals surface area contributed by atoms with Crippen LogP contribution in [0.4, 0.5) is 8.78 Å². The van der Waals surface area contributed by atoms with Crippen molar-refractivity contribution in [2.75, 3.05) is 19.8 Å². The number of carboxylic acids is 1. The van der Waals surface area contributed by atoms with Gasteiger partial charge in [-0.3, -0.25) is 4.79 Å². The third kappa shape index (κ3) is 5.09. The van der Waals surface area contributed by atoms with Crippen molar-refractivity contribution in [3.63, 3.8) is 0 Å². The van der Waals surface area contributed by atoms with E-state index in [1.54, 1.807) is 12.1 Å². The topological polar surface area (TPSA) is 55.8 Å². The fourth-order valence-electron chi connectivity index (χ4n) is 3.03. The van der Waals surface area contributed by atoms with Gasteiger partial charge in [0.15, 0.2) is 17.4 Å². The van der Waals surface area contributed by atoms with E-state index in [0.717, 1.165) is 28.8 Å². The first kappa shape index (κ1) is 20.3. The van der Waals surface area contributed by atoms with Gasteiger partial charge in [-0.2, -0.15) is 0 Å². The molecule has 0 unspecified atom stereocenters. The number of hydrogen-bond donors (Lipinski definition) is 1. The first-order valence-electron chi connectivity index (χ1n) is 8.81. The minimum Gasteiger partial charge on any atom is -0.483 e. The first-order valence-corrected chi connectivity index (χ1v) is 9.19. The van der Waals surface area contributed by atoms with Crippen molar-refractivity contribution in [2.24, 2.45) is 0 Å². The molecule has 0 spiro atoms. The number of carbonyl (C=O) groups is 1. The summed E-state index contributed by atoms with van der Waals surface area (Å²) in [6.45, 7) is 0.928. The highest BCUT2D eigenvalue weighted by molar-refractivity contribution is 6.30. The Morgan fingerprint density at radius 1 is 1.18 bits per heavy atom. The maximum absolute atomic E-state index is 14.3. The molecule has 0 aromatic heterocycles. The molecule has 1 aliphatic heterocycles. The maximum atomic E-state index is 14.3. The van der Waals surface area contributed by atoms with Crippen LogP contribution >= 0.6 is 11.6 Å². The molecule has 0 saturated carbocycles. The number of carboxylic acid groups (broad SMARTS) is 1. The Hall–Kier alpha value is -2.44. The third-order valence-electron chi connectivity index (χ3n) is 4.49. The Labute approximate surface area is 166 Å². The van der Waals surface area contributed by atoms with Crippen LogP contribution in [-0.4, -0.2) is 30.9 Å². The van der Waals surface area contributed by atoms with E-state index < -0.39 is 23.4 Å². The lowest BCUT2D eigenvalue weighted by Crippen LogP contribution is -2.16. The van der Waals surface area contributed by atoms with E-state index in [0.29, 0.717) is 24.7 Å². The van der Waals surface area contributed by atoms with Crippen molar-refractivity contribution in [2.45, 2.75) is 19.3 Å². The Balaban J connectivity index is 1.77. The number of hydrogen-bond acceptors (Lipinski definition) is 3. The molecule has 0 aliphatic carbocycles. The smallest absolute Gasteiger partial charge is 0.303 e. The van der Waals surface area contributed by atoms with E-state index in [1.807, 2.05) is 12.1 Å². The highest BCUT2D eigenvalue weighted by Crippen LogP contribution is 2.29. The molecule has 4 nitrogen and oxygen atoms in total. The normalized spacial score (nSPS) is 14.2. The van der Waals surface area contributed by atoms with E-state index in [-0.39, 0.29) is 25.0 Å². The second-order valence-corrected chi connectivity index (χ2v) is 6.90. The SMILES string of the molecule is O=C(O)CCc1cc(F)c(OCC2=C(c3ccc(Cl)cc3)COCC2)c(F)c1. The largest absolute Gasteiger partial charge is 0.483 e. The predicted octanol–water partition coefficient (Wildman–Crippen LogP) is 4.89. The van der Waals surface area contributed by atoms with Crippen molar-refractivity contribution in [3.8, 4) is 5.75 Å². The summed E-state index contributed by atoms with van der Waals surface area (Å²) in [4.78, 5) is 10.6. The summed E-state index contributed by atoms with van der Waals surface area (Å²) in [6, 6.07) is 9.49. The highest BCUT2D eigenvalue weighted by atomic mass is 35.5. The van der Waals surface area contributed by atoms with Gasteiger partial charge in [-0.1, -0.05) is 23.7 Å². The van der Waals surface area contributed by atoms with Crippen LogP contribution in [0, 0.1) is 11.6 Å². The van der Waals surface area contributed by atoms with E-state index >= 15 is 0 Å². The average molecular weight is 409 g/mol. The first-order chi connectivity index (χ1) is 13.4. The van der Waals surface area contributed by atoms with Gasteiger partial charge >= 0.3 is 5.97 Å². The molecule has 2 aromatic carbocycles. The van der Waals surface area contributed by atoms with Gasteiger partial charge in [0.1, 0.15) is 6.61 Å². The molecule has 0 saturated heterocycles. The molecule has 7 heteroatoms. The number of aliphatic carboxylic acids is 1. The van der Waals surface area contributed by atoms with Crippen LogP contribution in [-0.2, 0) is 16.0 Å². The van der Waals surface area contributed by atoms with E-state index in [4.69, 9.17) is 26.2 Å². The van der Waals surface area contributed by atoms with Gasteiger partial charge in [0.25, 0.3) is 0 Å². The molecular formula is C21H19ClF2O4. The summed E-state index contributed by atoms with van der Waals surface area (Å²) in [5, 5.41) is 9.31. The Bertz CT molecular complexity index is 871. The Kier molecular flexibility index (Phi) is 6.65. The Morgan fingerprint density at radius 3 is 2.50 bits per heavy atom. The van der Waals surface area contributed by atoms with Crippen molar-refractivity contribution >= 4 is 23.1 Å². The lowest BCUT2D eigenvalue weighted by atomic mass is 9.97. The summed E-state index contributed by atoms with van der Waals surface area (Å²) >= 11 is 5.93. The van der Waals surface area contributed by atoms with Crippen LogP contribution in [0.3, 0.4) is 0 Å². The monoisotopic (exact) mass is 408 g/mol. The van der Waals surface area contributed by atoms with Crippen molar-refractivity contribution in [1.29, 1.82) is 0 Å². The summed E-state index contributed by atoms with van der Waals surface area (Å²) in [6.07, 6.45) is 0.445. The fraction of sp³-hybridized carbons (Fsp3) is 0.286. The summed E-state index contributed by atoms with van der Waals surface area (Å²) in [7, 11) is 0. The molecule has 0 radical (unpaired) electrons. The quantitative estimate of drug-likeness (QED) is 0.708. The molecule has 28 heavy (non-hydrogen) atoms. The van der Waals surface area contributed by atoms with Crippen LogP contribution < -0.4 is 4.74 Å². The van der Waals surface area contributed by atoms with Gasteiger partial charge in [-0.25, -0.2) is 8.78 Å². The molecule has 0 fully saturated rings. The molecule has 0 bridgehead atoms. The van der Waals surface area contributed by atoms with Gasteiger partial charge in [0.2, 0.25) is 0 Å². The van der Waals surface area contributed by atoms with Crippen LogP contribution in [0.15, 0.2) is 42.0 Å². The maximum Gasteiger partial charge on any atom is 0.303 e. The molecule has 148 valence electrons. The van der Waals surface area contributed by atoms with Gasteiger partial charge in [0.05, 0.1) is 13.2 Å². The fourth-order valence-corrected chi connectivity index (χ4v) is 3.15. The standard InChI is InChI=1S/C21H19ClF2O4/c22-16-4-2-14(3-5-16)17-12-27-8-7-15(17)11-28-21-18(23)9-13(10-19(21)24)1-6-20(25)26/h2-5,9-10H,1,6-8,11-12H2,(H,25,26). The molecule has 1 heterocycles. The zero-order valence-corrected chi connectivity index (χ0v) is 15.8. The van der Waals surface area contributed by atoms with Gasteiger partial charge in [-0.05, 0) is 59.4 Å². The van der Waals surface area contributed by atoms with Crippen LogP contribution in [0.2, 0.25) is 5.02 Å². The molecule has 1 aliphatic rings. The average Bonchev–Trinajstić information content (AvgIpc) is 2.67. The minimum absolute atomic E-state index is 0.0314. The molecule has 3 rings (SSSR count). The molecule has 1 N–H and O–H groups in total. The Morgan fingerprint density at radius 2 is 1.86 bits per heavy atom. The van der Waals surface area contributed by atoms with Gasteiger partial charge < -0.3 is 14.6 Å². The lowest BCUT2D eigenvalue weighted by molar-refractivity contribution is -0.136. The number of rotatable bonds is 7. The summed E-state index contributed by atoms with van der Waals surface area (Å²) in [5.41, 5.74) is 3.02. The molecule has 2 aromatic rings. The molecular weight excluding hydrogens is 390 g/mol. The van der Waals surface area contributed by atoms with Crippen LogP contribution in [0.1, 0.15) is 24.0 Å². The second kappa shape index (κ2) is 9.17. The number of ether oxygens (including phenoxy) is 2. The molecule has 0 atom stereocenters. The van der Waals surface area contributed by atoms with E-state index in [2.05, 4.69) is 0 Å². The predicted molar refractivity (Wildman–Crippen MR) is 102 cm³/mol. The van der Waals surface area contributed by atoms with Crippen molar-refractivity contribution < 1.29 is 28.2 Å². The number of halogens is 3. The second-order valence-electron chi connectivity index (χ2n) is 6.46. The zero-order chi connectivity index (χ0) is 20.1. The summed E-state index contributed by atoms with van der Waals surface area (Å²) < 4.78 is 39.5. The third-order valence-corrected chi connectivity index (χ3v) is 4.74. The zero-order valence-electron chi connectivity index (χ0n) is 15.0. The number of benzene rings is 2. The lowest BCUT2D eigenvalue weighted by Gasteiger charge is -2.22. The van der Waals surface area contributed by atoms with Gasteiger partial charge in [0, 0.05) is 11.4 Å². The van der Waals surface area contributed by atoms with Crippen LogP contribution in [0.5, 0.6) is 5.75 Å². The van der Waals surface area contributed by atoms with Crippen molar-refractivity contribution in [1.82, 2.24) is 0 Å². The van der Waals surface area contributed by atoms with Gasteiger partial charge in [-0.15, -0.1) is 0 Å². The highest BCUT2D eigenvalue weighted by Gasteiger charge is 2.18. The number of aryl methyl sites for hydroxylation is 1. The molecule has 0 amide bonds.